The second-order valence-corrected chi connectivity index (χ2v) is 9.42. The Kier molecular flexibility index (Phi) is 8.69. The van der Waals surface area contributed by atoms with Crippen LogP contribution in [0.1, 0.15) is 86.2 Å². The van der Waals surface area contributed by atoms with Crippen LogP contribution in [0.5, 0.6) is 0 Å². The third-order valence-corrected chi connectivity index (χ3v) is 5.88. The molecule has 0 unspecified atom stereocenters. The smallest absolute Gasteiger partial charge is 0.267 e. The highest BCUT2D eigenvalue weighted by molar-refractivity contribution is 6.33. The normalized spacial score (nSPS) is 12.4. The van der Waals surface area contributed by atoms with E-state index in [0.717, 1.165) is 36.8 Å². The SMILES string of the molecule is CCC[C@H](N(NC(=O)c1ccccc1Cl)C(=O)c1cc(CC)cc(CC)c1)C(C)(C)C. The highest BCUT2D eigenvalue weighted by atomic mass is 35.5. The molecule has 0 saturated carbocycles. The van der Waals surface area contributed by atoms with Crippen molar-refractivity contribution in [2.24, 2.45) is 5.41 Å². The molecule has 4 nitrogen and oxygen atoms in total. The van der Waals surface area contributed by atoms with E-state index in [1.807, 2.05) is 12.1 Å². The van der Waals surface area contributed by atoms with Gasteiger partial charge in [-0.15, -0.1) is 0 Å². The summed E-state index contributed by atoms with van der Waals surface area (Å²) in [6, 6.07) is 12.7. The molecule has 0 radical (unpaired) electrons. The Morgan fingerprint density at radius 2 is 1.58 bits per heavy atom. The van der Waals surface area contributed by atoms with E-state index in [1.54, 1.807) is 24.3 Å². The van der Waals surface area contributed by atoms with Gasteiger partial charge in [-0.2, -0.15) is 0 Å². The van der Waals surface area contributed by atoms with Crippen molar-refractivity contribution in [2.45, 2.75) is 73.3 Å². The molecule has 2 amide bonds. The van der Waals surface area contributed by atoms with Gasteiger partial charge in [0.05, 0.1) is 16.6 Å². The first-order valence-electron chi connectivity index (χ1n) is 11.1. The lowest BCUT2D eigenvalue weighted by Gasteiger charge is -2.40. The number of amides is 2. The predicted octanol–water partition coefficient (Wildman–Crippen LogP) is 6.47. The largest absolute Gasteiger partial charge is 0.272 e. The quantitative estimate of drug-likeness (QED) is 0.499. The first kappa shape index (κ1) is 24.9. The zero-order valence-electron chi connectivity index (χ0n) is 19.6. The van der Waals surface area contributed by atoms with Gasteiger partial charge < -0.3 is 0 Å². The Morgan fingerprint density at radius 1 is 1.00 bits per heavy atom. The van der Waals surface area contributed by atoms with Gasteiger partial charge in [0.15, 0.2) is 0 Å². The number of hydrogen-bond donors (Lipinski definition) is 1. The summed E-state index contributed by atoms with van der Waals surface area (Å²) in [6.45, 7) is 12.5. The summed E-state index contributed by atoms with van der Waals surface area (Å²) in [5.74, 6) is -0.578. The van der Waals surface area contributed by atoms with Crippen molar-refractivity contribution in [3.63, 3.8) is 0 Å². The van der Waals surface area contributed by atoms with E-state index in [2.05, 4.69) is 53.0 Å². The molecule has 0 heterocycles. The summed E-state index contributed by atoms with van der Waals surface area (Å²) >= 11 is 6.24. The van der Waals surface area contributed by atoms with Crippen LogP contribution in [0.3, 0.4) is 0 Å². The molecule has 5 heteroatoms. The number of halogens is 1. The Balaban J connectivity index is 2.52. The molecular formula is C26H35ClN2O2. The average Bonchev–Trinajstić information content (AvgIpc) is 2.74. The van der Waals surface area contributed by atoms with Gasteiger partial charge in [-0.25, -0.2) is 5.01 Å². The standard InChI is InChI=1S/C26H35ClN2O2/c1-7-12-23(26(4,5)6)29(28-24(30)21-13-10-11-14-22(21)27)25(31)20-16-18(8-2)15-19(9-3)17-20/h10-11,13-17,23H,7-9,12H2,1-6H3,(H,28,30)/t23-/m0/s1. The van der Waals surface area contributed by atoms with Crippen molar-refractivity contribution < 1.29 is 9.59 Å². The van der Waals surface area contributed by atoms with Crippen LogP contribution in [0.15, 0.2) is 42.5 Å². The Hall–Kier alpha value is -2.33. The minimum absolute atomic E-state index is 0.174. The summed E-state index contributed by atoms with van der Waals surface area (Å²) < 4.78 is 0. The predicted molar refractivity (Wildman–Crippen MR) is 128 cm³/mol. The molecule has 2 aromatic rings. The lowest BCUT2D eigenvalue weighted by molar-refractivity contribution is 0.0271. The summed E-state index contributed by atoms with van der Waals surface area (Å²) in [5.41, 5.74) is 5.85. The second-order valence-electron chi connectivity index (χ2n) is 9.01. The fourth-order valence-corrected chi connectivity index (χ4v) is 3.96. The van der Waals surface area contributed by atoms with Crippen LogP contribution in [0.25, 0.3) is 0 Å². The van der Waals surface area contributed by atoms with E-state index in [-0.39, 0.29) is 23.3 Å². The van der Waals surface area contributed by atoms with Crippen LogP contribution in [-0.4, -0.2) is 22.9 Å². The van der Waals surface area contributed by atoms with Crippen molar-refractivity contribution in [1.82, 2.24) is 10.4 Å². The van der Waals surface area contributed by atoms with Gasteiger partial charge in [0.2, 0.25) is 0 Å². The van der Waals surface area contributed by atoms with Crippen molar-refractivity contribution in [3.8, 4) is 0 Å². The van der Waals surface area contributed by atoms with Crippen LogP contribution in [-0.2, 0) is 12.8 Å². The maximum Gasteiger partial charge on any atom is 0.272 e. The Labute approximate surface area is 192 Å². The highest BCUT2D eigenvalue weighted by Gasteiger charge is 2.35. The van der Waals surface area contributed by atoms with Gasteiger partial charge in [0, 0.05) is 5.56 Å². The second kappa shape index (κ2) is 10.8. The summed E-state index contributed by atoms with van der Waals surface area (Å²) in [6.07, 6.45) is 3.35. The zero-order valence-corrected chi connectivity index (χ0v) is 20.3. The molecule has 0 aliphatic heterocycles. The number of rotatable bonds is 7. The third-order valence-electron chi connectivity index (χ3n) is 5.55. The average molecular weight is 443 g/mol. The van der Waals surface area contributed by atoms with Crippen LogP contribution in [0.2, 0.25) is 5.02 Å². The number of carbonyl (C=O) groups is 2. The van der Waals surface area contributed by atoms with E-state index in [4.69, 9.17) is 11.6 Å². The monoisotopic (exact) mass is 442 g/mol. The molecule has 0 aliphatic carbocycles. The molecule has 0 bridgehead atoms. The maximum absolute atomic E-state index is 13.8. The molecule has 168 valence electrons. The minimum Gasteiger partial charge on any atom is -0.267 e. The molecule has 0 fully saturated rings. The van der Waals surface area contributed by atoms with Crippen molar-refractivity contribution in [2.75, 3.05) is 0 Å². The molecule has 1 atom stereocenters. The molecule has 0 aromatic heterocycles. The molecule has 31 heavy (non-hydrogen) atoms. The molecule has 0 spiro atoms. The molecule has 0 aliphatic rings. The van der Waals surface area contributed by atoms with Crippen molar-refractivity contribution in [3.05, 3.63) is 69.7 Å². The van der Waals surface area contributed by atoms with E-state index >= 15 is 0 Å². The zero-order chi connectivity index (χ0) is 23.2. The lowest BCUT2D eigenvalue weighted by Crippen LogP contribution is -2.56. The van der Waals surface area contributed by atoms with Gasteiger partial charge in [0.25, 0.3) is 11.8 Å². The number of hydrazine groups is 1. The van der Waals surface area contributed by atoms with Crippen LogP contribution >= 0.6 is 11.6 Å². The Bertz CT molecular complexity index is 896. The van der Waals surface area contributed by atoms with E-state index in [9.17, 15) is 9.59 Å². The number of benzene rings is 2. The van der Waals surface area contributed by atoms with Crippen molar-refractivity contribution in [1.29, 1.82) is 0 Å². The highest BCUT2D eigenvalue weighted by Crippen LogP contribution is 2.29. The van der Waals surface area contributed by atoms with Gasteiger partial charge in [-0.1, -0.05) is 77.8 Å². The fourth-order valence-electron chi connectivity index (χ4n) is 3.74. The van der Waals surface area contributed by atoms with Gasteiger partial charge in [0.1, 0.15) is 0 Å². The first-order valence-corrected chi connectivity index (χ1v) is 11.5. The number of nitrogens with one attached hydrogen (secondary N) is 1. The summed E-state index contributed by atoms with van der Waals surface area (Å²) in [7, 11) is 0. The maximum atomic E-state index is 13.8. The molecular weight excluding hydrogens is 408 g/mol. The minimum atomic E-state index is -0.383. The van der Waals surface area contributed by atoms with Gasteiger partial charge in [-0.3, -0.25) is 15.0 Å². The van der Waals surface area contributed by atoms with Crippen molar-refractivity contribution >= 4 is 23.4 Å². The number of aryl methyl sites for hydroxylation is 2. The van der Waals surface area contributed by atoms with Gasteiger partial charge >= 0.3 is 0 Å². The van der Waals surface area contributed by atoms with Gasteiger partial charge in [-0.05, 0) is 60.1 Å². The summed E-state index contributed by atoms with van der Waals surface area (Å²) in [4.78, 5) is 26.9. The van der Waals surface area contributed by atoms with E-state index < -0.39 is 0 Å². The van der Waals surface area contributed by atoms with Crippen LogP contribution < -0.4 is 5.43 Å². The third kappa shape index (κ3) is 6.33. The lowest BCUT2D eigenvalue weighted by atomic mass is 9.83. The topological polar surface area (TPSA) is 49.4 Å². The Morgan fingerprint density at radius 3 is 2.06 bits per heavy atom. The molecule has 1 N–H and O–H groups in total. The van der Waals surface area contributed by atoms with E-state index in [0.29, 0.717) is 16.1 Å². The number of carbonyl (C=O) groups excluding carboxylic acids is 2. The van der Waals surface area contributed by atoms with E-state index in [1.165, 1.54) is 5.01 Å². The molecule has 0 saturated heterocycles. The number of nitrogens with zero attached hydrogens (tertiary/aromatic N) is 1. The van der Waals surface area contributed by atoms with Crippen LogP contribution in [0.4, 0.5) is 0 Å². The molecule has 2 rings (SSSR count). The number of hydrogen-bond acceptors (Lipinski definition) is 2. The summed E-state index contributed by atoms with van der Waals surface area (Å²) in [5, 5.41) is 1.89. The van der Waals surface area contributed by atoms with Crippen LogP contribution in [0, 0.1) is 5.41 Å². The first-order chi connectivity index (χ1) is 14.6. The fraction of sp³-hybridized carbons (Fsp3) is 0.462. The molecule has 2 aromatic carbocycles.